The molecule has 2 aliphatic heterocycles. The molecule has 4 rings (SSSR count). The van der Waals surface area contributed by atoms with E-state index < -0.39 is 0 Å². The van der Waals surface area contributed by atoms with Gasteiger partial charge in [-0.25, -0.2) is 15.3 Å². The van der Waals surface area contributed by atoms with Crippen LogP contribution in [0.2, 0.25) is 0 Å². The molecule has 1 saturated carbocycles. The average Bonchev–Trinajstić information content (AvgIpc) is 3.02. The van der Waals surface area contributed by atoms with E-state index in [1.165, 1.54) is 5.56 Å². The van der Waals surface area contributed by atoms with Crippen molar-refractivity contribution < 1.29 is 9.57 Å². The van der Waals surface area contributed by atoms with Gasteiger partial charge in [0.1, 0.15) is 0 Å². The lowest BCUT2D eigenvalue weighted by molar-refractivity contribution is -0.170. The van der Waals surface area contributed by atoms with E-state index in [0.29, 0.717) is 0 Å². The maximum absolute atomic E-state index is 5.93. The topological polar surface area (TPSA) is 46.1 Å². The maximum Gasteiger partial charge on any atom is 0.188 e. The summed E-state index contributed by atoms with van der Waals surface area (Å²) >= 11 is 0. The van der Waals surface area contributed by atoms with Gasteiger partial charge in [0.25, 0.3) is 0 Å². The summed E-state index contributed by atoms with van der Waals surface area (Å²) in [5, 5.41) is 0. The molecule has 3 aliphatic rings. The first-order valence-electron chi connectivity index (χ1n) is 8.71. The van der Waals surface area contributed by atoms with Gasteiger partial charge in [0.2, 0.25) is 0 Å². The zero-order chi connectivity index (χ0) is 17.0. The second-order valence-corrected chi connectivity index (χ2v) is 8.62. The third-order valence-electron chi connectivity index (χ3n) is 5.25. The first kappa shape index (κ1) is 16.1. The average molecular weight is 329 g/mol. The Morgan fingerprint density at radius 1 is 1.12 bits per heavy atom. The van der Waals surface area contributed by atoms with Gasteiger partial charge in [-0.15, -0.1) is 0 Å². The molecule has 1 aliphatic carbocycles. The van der Waals surface area contributed by atoms with Crippen LogP contribution in [0.3, 0.4) is 0 Å². The van der Waals surface area contributed by atoms with Gasteiger partial charge in [0.05, 0.1) is 12.2 Å². The molecule has 5 nitrogen and oxygen atoms in total. The number of hydroxylamine groups is 1. The number of hydrogen-bond donors (Lipinski definition) is 1. The fraction of sp³-hybridized carbons (Fsp3) is 0.632. The molecule has 1 aromatic rings. The van der Waals surface area contributed by atoms with Crippen molar-refractivity contribution in [3.05, 3.63) is 35.4 Å². The van der Waals surface area contributed by atoms with Gasteiger partial charge in [0.15, 0.2) is 11.6 Å². The first-order valence-corrected chi connectivity index (χ1v) is 8.71. The van der Waals surface area contributed by atoms with Crippen LogP contribution in [0.1, 0.15) is 44.2 Å². The SMILES string of the molecule is CN(C)Cc1ccc(C2=NC3(CC4(COC(C)(C)C4)C3)ON2)cc1. The summed E-state index contributed by atoms with van der Waals surface area (Å²) in [6.07, 6.45) is 2.98. The number of ether oxygens (including phenoxy) is 1. The Kier molecular flexibility index (Phi) is 3.53. The number of nitrogens with zero attached hydrogens (tertiary/aromatic N) is 2. The molecular weight excluding hydrogens is 302 g/mol. The third-order valence-corrected chi connectivity index (χ3v) is 5.25. The fourth-order valence-corrected chi connectivity index (χ4v) is 4.50. The molecule has 0 aromatic heterocycles. The standard InChI is InChI=1S/C19H27N3O2/c1-17(2)10-18(13-23-17)11-19(12-18)20-16(21-24-19)15-7-5-14(6-8-15)9-22(3)4/h5-8H,9-13H2,1-4H3,(H,20,21). The van der Waals surface area contributed by atoms with Crippen LogP contribution < -0.4 is 5.48 Å². The summed E-state index contributed by atoms with van der Waals surface area (Å²) in [6, 6.07) is 8.53. The van der Waals surface area contributed by atoms with E-state index in [4.69, 9.17) is 14.6 Å². The van der Waals surface area contributed by atoms with Gasteiger partial charge < -0.3 is 9.64 Å². The minimum absolute atomic E-state index is 0.0115. The van der Waals surface area contributed by atoms with Crippen molar-refractivity contribution in [3.63, 3.8) is 0 Å². The number of hydrogen-bond acceptors (Lipinski definition) is 5. The van der Waals surface area contributed by atoms with Crippen LogP contribution in [-0.4, -0.2) is 42.8 Å². The molecule has 1 saturated heterocycles. The molecule has 2 fully saturated rings. The molecule has 2 heterocycles. The zero-order valence-electron chi connectivity index (χ0n) is 15.1. The minimum Gasteiger partial charge on any atom is -0.375 e. The summed E-state index contributed by atoms with van der Waals surface area (Å²) in [4.78, 5) is 12.9. The Morgan fingerprint density at radius 3 is 2.42 bits per heavy atom. The Bertz CT molecular complexity index is 658. The molecule has 1 aromatic carbocycles. The van der Waals surface area contributed by atoms with Crippen LogP contribution in [-0.2, 0) is 16.1 Å². The minimum atomic E-state index is -0.387. The van der Waals surface area contributed by atoms with Crippen LogP contribution in [0, 0.1) is 5.41 Å². The van der Waals surface area contributed by atoms with Crippen LogP contribution in [0.15, 0.2) is 29.3 Å². The van der Waals surface area contributed by atoms with Crippen molar-refractivity contribution in [3.8, 4) is 0 Å². The lowest BCUT2D eigenvalue weighted by atomic mass is 9.61. The van der Waals surface area contributed by atoms with Gasteiger partial charge in [-0.3, -0.25) is 0 Å². The second-order valence-electron chi connectivity index (χ2n) is 8.62. The lowest BCUT2D eigenvalue weighted by Crippen LogP contribution is -2.52. The molecule has 5 heteroatoms. The Balaban J connectivity index is 1.45. The van der Waals surface area contributed by atoms with Gasteiger partial charge in [-0.2, -0.15) is 0 Å². The lowest BCUT2D eigenvalue weighted by Gasteiger charge is -2.48. The van der Waals surface area contributed by atoms with Crippen molar-refractivity contribution in [2.24, 2.45) is 10.4 Å². The molecule has 0 atom stereocenters. The number of aliphatic imine (C=N–C) groups is 1. The van der Waals surface area contributed by atoms with Crippen molar-refractivity contribution in [2.45, 2.75) is 51.0 Å². The van der Waals surface area contributed by atoms with Crippen LogP contribution >= 0.6 is 0 Å². The highest BCUT2D eigenvalue weighted by atomic mass is 16.7. The second kappa shape index (κ2) is 5.28. The highest BCUT2D eigenvalue weighted by Crippen LogP contribution is 2.59. The number of amidine groups is 1. The summed E-state index contributed by atoms with van der Waals surface area (Å²) in [7, 11) is 4.16. The Labute approximate surface area is 144 Å². The molecular formula is C19H27N3O2. The van der Waals surface area contributed by atoms with Gasteiger partial charge in [-0.1, -0.05) is 24.3 Å². The van der Waals surface area contributed by atoms with Crippen LogP contribution in [0.4, 0.5) is 0 Å². The zero-order valence-corrected chi connectivity index (χ0v) is 15.1. The molecule has 24 heavy (non-hydrogen) atoms. The van der Waals surface area contributed by atoms with Crippen molar-refractivity contribution in [2.75, 3.05) is 20.7 Å². The quantitative estimate of drug-likeness (QED) is 0.926. The van der Waals surface area contributed by atoms with Crippen molar-refractivity contribution in [1.82, 2.24) is 10.4 Å². The third kappa shape index (κ3) is 2.85. The summed E-state index contributed by atoms with van der Waals surface area (Å²) < 4.78 is 5.93. The molecule has 0 unspecified atom stereocenters. The summed E-state index contributed by atoms with van der Waals surface area (Å²) in [6.45, 7) is 6.11. The van der Waals surface area contributed by atoms with E-state index in [9.17, 15) is 0 Å². The molecule has 0 bridgehead atoms. The van der Waals surface area contributed by atoms with Gasteiger partial charge >= 0.3 is 0 Å². The first-order chi connectivity index (χ1) is 11.3. The van der Waals surface area contributed by atoms with E-state index in [-0.39, 0.29) is 16.7 Å². The van der Waals surface area contributed by atoms with E-state index in [1.807, 2.05) is 0 Å². The smallest absolute Gasteiger partial charge is 0.188 e. The van der Waals surface area contributed by atoms with E-state index in [2.05, 4.69) is 62.6 Å². The van der Waals surface area contributed by atoms with Crippen molar-refractivity contribution >= 4 is 5.84 Å². The Hall–Kier alpha value is -1.43. The molecule has 130 valence electrons. The van der Waals surface area contributed by atoms with E-state index in [1.54, 1.807) is 0 Å². The predicted octanol–water partition coefficient (Wildman–Crippen LogP) is 2.71. The fourth-order valence-electron chi connectivity index (χ4n) is 4.50. The molecule has 0 radical (unpaired) electrons. The monoisotopic (exact) mass is 329 g/mol. The molecule has 2 spiro atoms. The van der Waals surface area contributed by atoms with Gasteiger partial charge in [0, 0.05) is 30.4 Å². The van der Waals surface area contributed by atoms with Crippen molar-refractivity contribution in [1.29, 1.82) is 0 Å². The normalized spacial score (nSPS) is 33.8. The molecule has 1 N–H and O–H groups in total. The van der Waals surface area contributed by atoms with E-state index in [0.717, 1.165) is 43.8 Å². The highest BCUT2D eigenvalue weighted by Gasteiger charge is 2.62. The Morgan fingerprint density at radius 2 is 1.83 bits per heavy atom. The highest BCUT2D eigenvalue weighted by molar-refractivity contribution is 5.99. The number of nitrogens with one attached hydrogen (secondary N) is 1. The van der Waals surface area contributed by atoms with E-state index >= 15 is 0 Å². The summed E-state index contributed by atoms with van der Waals surface area (Å²) in [5.74, 6) is 0.847. The van der Waals surface area contributed by atoms with Crippen LogP contribution in [0.5, 0.6) is 0 Å². The largest absolute Gasteiger partial charge is 0.375 e. The predicted molar refractivity (Wildman–Crippen MR) is 93.6 cm³/mol. The molecule has 0 amide bonds. The van der Waals surface area contributed by atoms with Crippen LogP contribution in [0.25, 0.3) is 0 Å². The number of benzene rings is 1. The van der Waals surface area contributed by atoms with Gasteiger partial charge in [-0.05, 0) is 39.9 Å². The maximum atomic E-state index is 5.93. The number of rotatable bonds is 3. The summed E-state index contributed by atoms with van der Waals surface area (Å²) in [5.41, 5.74) is 5.28.